The van der Waals surface area contributed by atoms with E-state index in [4.69, 9.17) is 5.73 Å². The molecule has 6 N–H and O–H groups in total. The molecule has 1 aromatic heterocycles. The van der Waals surface area contributed by atoms with E-state index >= 15 is 0 Å². The third-order valence-corrected chi connectivity index (χ3v) is 6.88. The van der Waals surface area contributed by atoms with Crippen molar-refractivity contribution < 1.29 is 14.4 Å². The first-order valence-corrected chi connectivity index (χ1v) is 12.7. The molecule has 4 amide bonds. The SMILES string of the molecule is NC(=O)C1(C(=O)NCCCNc2nc(Nc3cccc(NC(=O)N4CCCC4)c3)ncc2I)CC1. The number of urea groups is 1. The summed E-state index contributed by atoms with van der Waals surface area (Å²) in [7, 11) is 0. The fourth-order valence-corrected chi connectivity index (χ4v) is 4.31. The number of anilines is 4. The van der Waals surface area contributed by atoms with Gasteiger partial charge >= 0.3 is 6.03 Å². The van der Waals surface area contributed by atoms with Gasteiger partial charge in [0.2, 0.25) is 17.8 Å². The van der Waals surface area contributed by atoms with Gasteiger partial charge in [0.25, 0.3) is 0 Å². The zero-order chi connectivity index (χ0) is 24.8. The van der Waals surface area contributed by atoms with Crippen molar-refractivity contribution in [3.8, 4) is 0 Å². The number of rotatable bonds is 10. The average Bonchev–Trinajstić information content (AvgIpc) is 3.48. The molecule has 0 unspecified atom stereocenters. The highest BCUT2D eigenvalue weighted by Crippen LogP contribution is 2.45. The van der Waals surface area contributed by atoms with E-state index < -0.39 is 11.3 Å². The van der Waals surface area contributed by atoms with Crippen LogP contribution in [0.4, 0.5) is 27.9 Å². The Morgan fingerprint density at radius 1 is 1.11 bits per heavy atom. The molecule has 0 spiro atoms. The largest absolute Gasteiger partial charge is 0.369 e. The predicted octanol–water partition coefficient (Wildman–Crippen LogP) is 2.64. The standard InChI is InChI=1S/C23H29IN8O3/c24-17-14-28-21(29-15-5-3-6-16(13-15)30-22(35)32-11-1-2-12-32)31-18(17)26-9-4-10-27-20(34)23(7-8-23)19(25)33/h3,5-6,13-14H,1-2,4,7-12H2,(H2,25,33)(H,27,34)(H,30,35)(H2,26,28,29,31). The van der Waals surface area contributed by atoms with Crippen molar-refractivity contribution in [2.45, 2.75) is 32.1 Å². The summed E-state index contributed by atoms with van der Waals surface area (Å²) in [6.45, 7) is 2.59. The number of benzene rings is 1. The van der Waals surface area contributed by atoms with Crippen molar-refractivity contribution >= 4 is 63.6 Å². The number of halogens is 1. The van der Waals surface area contributed by atoms with Gasteiger partial charge in [0.1, 0.15) is 11.2 Å². The number of amides is 4. The van der Waals surface area contributed by atoms with Crippen LogP contribution in [-0.2, 0) is 9.59 Å². The lowest BCUT2D eigenvalue weighted by molar-refractivity contribution is -0.135. The first-order chi connectivity index (χ1) is 16.9. The number of hydrogen-bond acceptors (Lipinski definition) is 7. The molecule has 35 heavy (non-hydrogen) atoms. The number of nitrogens with zero attached hydrogens (tertiary/aromatic N) is 3. The van der Waals surface area contributed by atoms with E-state index in [0.717, 1.165) is 35.2 Å². The van der Waals surface area contributed by atoms with Crippen molar-refractivity contribution in [3.05, 3.63) is 34.0 Å². The summed E-state index contributed by atoms with van der Waals surface area (Å²) in [5.41, 5.74) is 5.78. The Morgan fingerprint density at radius 2 is 1.86 bits per heavy atom. The van der Waals surface area contributed by atoms with Crippen LogP contribution in [0.2, 0.25) is 0 Å². The molecule has 11 nitrogen and oxygen atoms in total. The number of nitrogens with one attached hydrogen (secondary N) is 4. The Balaban J connectivity index is 1.27. The van der Waals surface area contributed by atoms with Crippen molar-refractivity contribution in [1.82, 2.24) is 20.2 Å². The van der Waals surface area contributed by atoms with Crippen LogP contribution in [-0.4, -0.2) is 58.9 Å². The topological polar surface area (TPSA) is 154 Å². The minimum Gasteiger partial charge on any atom is -0.369 e. The van der Waals surface area contributed by atoms with Gasteiger partial charge in [0, 0.05) is 43.8 Å². The lowest BCUT2D eigenvalue weighted by Gasteiger charge is -2.16. The van der Waals surface area contributed by atoms with Gasteiger partial charge in [-0.25, -0.2) is 9.78 Å². The summed E-state index contributed by atoms with van der Waals surface area (Å²) in [4.78, 5) is 46.6. The second kappa shape index (κ2) is 11.1. The molecule has 186 valence electrons. The molecule has 4 rings (SSSR count). The molecule has 1 saturated heterocycles. The number of likely N-dealkylation sites (tertiary alicyclic amines) is 1. The van der Waals surface area contributed by atoms with Crippen molar-refractivity contribution in [1.29, 1.82) is 0 Å². The summed E-state index contributed by atoms with van der Waals surface area (Å²) in [5, 5.41) is 12.2. The highest BCUT2D eigenvalue weighted by Gasteiger charge is 2.55. The van der Waals surface area contributed by atoms with Crippen LogP contribution in [0.1, 0.15) is 32.1 Å². The van der Waals surface area contributed by atoms with Gasteiger partial charge in [-0.2, -0.15) is 4.98 Å². The number of carbonyl (C=O) groups excluding carboxylic acids is 3. The Labute approximate surface area is 217 Å². The third-order valence-electron chi connectivity index (χ3n) is 6.10. The molecule has 1 saturated carbocycles. The van der Waals surface area contributed by atoms with E-state index in [9.17, 15) is 14.4 Å². The maximum Gasteiger partial charge on any atom is 0.321 e. The number of primary amides is 1. The Hall–Kier alpha value is -3.16. The molecule has 1 aliphatic carbocycles. The predicted molar refractivity (Wildman–Crippen MR) is 141 cm³/mol. The minimum absolute atomic E-state index is 0.0882. The van der Waals surface area contributed by atoms with Crippen molar-refractivity contribution in [2.75, 3.05) is 42.1 Å². The van der Waals surface area contributed by atoms with Gasteiger partial charge in [-0.05, 0) is 72.9 Å². The highest BCUT2D eigenvalue weighted by molar-refractivity contribution is 14.1. The van der Waals surface area contributed by atoms with E-state index in [1.165, 1.54) is 0 Å². The fraction of sp³-hybridized carbons (Fsp3) is 0.435. The first-order valence-electron chi connectivity index (χ1n) is 11.6. The lowest BCUT2D eigenvalue weighted by atomic mass is 10.1. The van der Waals surface area contributed by atoms with Crippen LogP contribution in [0.5, 0.6) is 0 Å². The van der Waals surface area contributed by atoms with Crippen LogP contribution < -0.4 is 27.0 Å². The van der Waals surface area contributed by atoms with Crippen LogP contribution in [0.3, 0.4) is 0 Å². The summed E-state index contributed by atoms with van der Waals surface area (Å²) in [6, 6.07) is 7.32. The zero-order valence-electron chi connectivity index (χ0n) is 19.3. The zero-order valence-corrected chi connectivity index (χ0v) is 21.4. The second-order valence-electron chi connectivity index (χ2n) is 8.70. The number of carbonyl (C=O) groups is 3. The Morgan fingerprint density at radius 3 is 2.57 bits per heavy atom. The first kappa shape index (κ1) is 24.9. The van der Waals surface area contributed by atoms with Gasteiger partial charge in [-0.3, -0.25) is 9.59 Å². The molecule has 2 heterocycles. The molecular weight excluding hydrogens is 563 g/mol. The van der Waals surface area contributed by atoms with Crippen LogP contribution >= 0.6 is 22.6 Å². The Bertz CT molecular complexity index is 1100. The highest BCUT2D eigenvalue weighted by atomic mass is 127. The summed E-state index contributed by atoms with van der Waals surface area (Å²) < 4.78 is 0.856. The van der Waals surface area contributed by atoms with Gasteiger partial charge in [0.15, 0.2) is 0 Å². The summed E-state index contributed by atoms with van der Waals surface area (Å²) >= 11 is 2.15. The number of hydrogen-bond donors (Lipinski definition) is 5. The normalized spacial score (nSPS) is 15.9. The van der Waals surface area contributed by atoms with E-state index in [-0.39, 0.29) is 11.9 Å². The van der Waals surface area contributed by atoms with Gasteiger partial charge in [0.05, 0.1) is 3.57 Å². The molecular formula is C23H29IN8O3. The van der Waals surface area contributed by atoms with Gasteiger partial charge in [-0.1, -0.05) is 6.07 Å². The lowest BCUT2D eigenvalue weighted by Crippen LogP contribution is -2.41. The third kappa shape index (κ3) is 6.29. The van der Waals surface area contributed by atoms with Crippen molar-refractivity contribution in [2.24, 2.45) is 11.1 Å². The van der Waals surface area contributed by atoms with Crippen LogP contribution in [0.25, 0.3) is 0 Å². The molecule has 12 heteroatoms. The van der Waals surface area contributed by atoms with E-state index in [0.29, 0.717) is 49.8 Å². The number of nitrogens with two attached hydrogens (primary N) is 1. The van der Waals surface area contributed by atoms with Gasteiger partial charge < -0.3 is 31.9 Å². The molecule has 0 atom stereocenters. The van der Waals surface area contributed by atoms with E-state index in [1.54, 1.807) is 6.20 Å². The second-order valence-corrected chi connectivity index (χ2v) is 9.87. The molecule has 1 aromatic carbocycles. The van der Waals surface area contributed by atoms with E-state index in [1.807, 2.05) is 29.2 Å². The molecule has 2 aromatic rings. The molecule has 2 fully saturated rings. The molecule has 2 aliphatic rings. The van der Waals surface area contributed by atoms with Gasteiger partial charge in [-0.15, -0.1) is 0 Å². The monoisotopic (exact) mass is 592 g/mol. The average molecular weight is 592 g/mol. The smallest absolute Gasteiger partial charge is 0.321 e. The summed E-state index contributed by atoms with van der Waals surface area (Å²) in [6.07, 6.45) is 5.50. The van der Waals surface area contributed by atoms with E-state index in [2.05, 4.69) is 53.8 Å². The van der Waals surface area contributed by atoms with Crippen LogP contribution in [0, 0.1) is 8.99 Å². The molecule has 0 bridgehead atoms. The Kier molecular flexibility index (Phi) is 7.88. The minimum atomic E-state index is -0.996. The summed E-state index contributed by atoms with van der Waals surface area (Å²) in [5.74, 6) is 0.250. The molecule has 0 radical (unpaired) electrons. The van der Waals surface area contributed by atoms with Crippen LogP contribution in [0.15, 0.2) is 30.5 Å². The number of aromatic nitrogens is 2. The quantitative estimate of drug-likeness (QED) is 0.162. The maximum absolute atomic E-state index is 12.3. The molecule has 1 aliphatic heterocycles. The van der Waals surface area contributed by atoms with Crippen molar-refractivity contribution in [3.63, 3.8) is 0 Å². The fourth-order valence-electron chi connectivity index (χ4n) is 3.85. The maximum atomic E-state index is 12.3.